The highest BCUT2D eigenvalue weighted by atomic mass is 16.5. The minimum Gasteiger partial charge on any atom is -0.502 e. The molecular weight excluding hydrogens is 424 g/mol. The summed E-state index contributed by atoms with van der Waals surface area (Å²) < 4.78 is 10.4. The number of carbonyl (C=O) groups is 3. The number of hydrogen-bond acceptors (Lipinski definition) is 6. The summed E-state index contributed by atoms with van der Waals surface area (Å²) in [5, 5.41) is 12.5. The van der Waals surface area contributed by atoms with E-state index in [1.54, 1.807) is 0 Å². The van der Waals surface area contributed by atoms with Gasteiger partial charge in [-0.3, -0.25) is 19.8 Å². The number of ether oxygens (including phenoxy) is 2. The summed E-state index contributed by atoms with van der Waals surface area (Å²) in [5.74, 6) is 0.844. The van der Waals surface area contributed by atoms with Crippen LogP contribution in [-0.4, -0.2) is 48.1 Å². The Morgan fingerprint density at radius 1 is 1.03 bits per heavy atom. The van der Waals surface area contributed by atoms with Crippen molar-refractivity contribution in [2.75, 3.05) is 14.2 Å². The van der Waals surface area contributed by atoms with E-state index in [2.05, 4.69) is 5.32 Å². The summed E-state index contributed by atoms with van der Waals surface area (Å²) in [6, 6.07) is 2.08. The number of nitrogens with one attached hydrogen (secondary N) is 1. The van der Waals surface area contributed by atoms with Crippen molar-refractivity contribution in [2.45, 2.75) is 51.5 Å². The van der Waals surface area contributed by atoms with E-state index >= 15 is 0 Å². The van der Waals surface area contributed by atoms with Gasteiger partial charge in [-0.1, -0.05) is 0 Å². The van der Waals surface area contributed by atoms with Gasteiger partial charge in [-0.05, 0) is 92.4 Å². The zero-order chi connectivity index (χ0) is 23.5. The fraction of sp³-hybridized carbons (Fsp3) is 0.560. The quantitative estimate of drug-likeness (QED) is 0.521. The van der Waals surface area contributed by atoms with Gasteiger partial charge >= 0.3 is 6.03 Å². The van der Waals surface area contributed by atoms with Gasteiger partial charge in [-0.15, -0.1) is 0 Å². The van der Waals surface area contributed by atoms with Crippen LogP contribution in [0.4, 0.5) is 4.79 Å². The van der Waals surface area contributed by atoms with Gasteiger partial charge in [-0.25, -0.2) is 4.79 Å². The number of carbonyl (C=O) groups excluding carboxylic acids is 3. The summed E-state index contributed by atoms with van der Waals surface area (Å²) in [4.78, 5) is 40.3. The van der Waals surface area contributed by atoms with Gasteiger partial charge < -0.3 is 14.6 Å². The summed E-state index contributed by atoms with van der Waals surface area (Å²) in [7, 11) is 2.80. The van der Waals surface area contributed by atoms with Gasteiger partial charge in [0.05, 0.1) is 14.2 Å². The van der Waals surface area contributed by atoms with Gasteiger partial charge in [0, 0.05) is 6.04 Å². The average molecular weight is 455 g/mol. The Bertz CT molecular complexity index is 1000. The molecule has 176 valence electrons. The Hall–Kier alpha value is -3.03. The topological polar surface area (TPSA) is 105 Å². The third kappa shape index (κ3) is 3.47. The molecule has 4 bridgehead atoms. The molecule has 1 aromatic carbocycles. The van der Waals surface area contributed by atoms with E-state index in [4.69, 9.17) is 9.47 Å². The van der Waals surface area contributed by atoms with E-state index in [0.717, 1.165) is 19.3 Å². The summed E-state index contributed by atoms with van der Waals surface area (Å²) >= 11 is 0. The maximum absolute atomic E-state index is 13.5. The number of rotatable bonds is 5. The maximum Gasteiger partial charge on any atom is 0.331 e. The molecule has 5 aliphatic rings. The van der Waals surface area contributed by atoms with Crippen molar-refractivity contribution in [3.05, 3.63) is 23.3 Å². The predicted molar refractivity (Wildman–Crippen MR) is 120 cm³/mol. The minimum absolute atomic E-state index is 0.0712. The third-order valence-electron chi connectivity index (χ3n) is 8.31. The number of urea groups is 1. The number of methoxy groups -OCH3 is 2. The van der Waals surface area contributed by atoms with Crippen molar-refractivity contribution in [1.29, 1.82) is 0 Å². The second-order valence-electron chi connectivity index (χ2n) is 10.2. The lowest BCUT2D eigenvalue weighted by Crippen LogP contribution is -2.63. The van der Waals surface area contributed by atoms with Crippen molar-refractivity contribution in [2.24, 2.45) is 23.2 Å². The third-order valence-corrected chi connectivity index (χ3v) is 8.31. The number of imide groups is 2. The lowest BCUT2D eigenvalue weighted by molar-refractivity contribution is -0.139. The first-order valence-electron chi connectivity index (χ1n) is 11.6. The number of nitrogens with zero attached hydrogens (tertiary/aromatic N) is 1. The van der Waals surface area contributed by atoms with Crippen LogP contribution in [0.25, 0.3) is 6.08 Å². The van der Waals surface area contributed by atoms with Gasteiger partial charge in [0.1, 0.15) is 5.57 Å². The van der Waals surface area contributed by atoms with Crippen LogP contribution in [0.15, 0.2) is 17.7 Å². The van der Waals surface area contributed by atoms with Crippen molar-refractivity contribution in [3.63, 3.8) is 0 Å². The number of hydrogen-bond donors (Lipinski definition) is 2. The van der Waals surface area contributed by atoms with E-state index in [1.807, 2.05) is 6.92 Å². The minimum atomic E-state index is -0.732. The molecule has 8 heteroatoms. The maximum atomic E-state index is 13.5. The monoisotopic (exact) mass is 454 g/mol. The zero-order valence-electron chi connectivity index (χ0n) is 19.2. The number of barbiturate groups is 1. The SMILES string of the molecule is COc1cc(/C=C2\C(=O)NC(=O)N(C(C)C34CC5CC(CC(C5)C3)C4)C2=O)cc(OC)c1O. The van der Waals surface area contributed by atoms with Gasteiger partial charge in [-0.2, -0.15) is 0 Å². The van der Waals surface area contributed by atoms with E-state index < -0.39 is 17.8 Å². The number of phenols is 1. The Kier molecular flexibility index (Phi) is 5.14. The summed E-state index contributed by atoms with van der Waals surface area (Å²) in [6.45, 7) is 1.96. The van der Waals surface area contributed by atoms with E-state index in [9.17, 15) is 19.5 Å². The molecule has 6 rings (SSSR count). The zero-order valence-corrected chi connectivity index (χ0v) is 19.2. The Morgan fingerprint density at radius 3 is 2.03 bits per heavy atom. The molecule has 1 aromatic rings. The molecule has 5 fully saturated rings. The molecule has 2 N–H and O–H groups in total. The van der Waals surface area contributed by atoms with E-state index in [-0.39, 0.29) is 34.3 Å². The van der Waals surface area contributed by atoms with Crippen molar-refractivity contribution in [3.8, 4) is 17.2 Å². The Balaban J connectivity index is 1.48. The van der Waals surface area contributed by atoms with Gasteiger partial charge in [0.2, 0.25) is 5.75 Å². The van der Waals surface area contributed by atoms with Gasteiger partial charge in [0.25, 0.3) is 11.8 Å². The number of aromatic hydroxyl groups is 1. The molecule has 0 spiro atoms. The molecule has 1 saturated heterocycles. The second-order valence-corrected chi connectivity index (χ2v) is 10.2. The highest BCUT2D eigenvalue weighted by Gasteiger charge is 2.56. The number of phenolic OH excluding ortho intramolecular Hbond substituents is 1. The summed E-state index contributed by atoms with van der Waals surface area (Å²) in [6.07, 6.45) is 8.32. The Morgan fingerprint density at radius 2 is 1.55 bits per heavy atom. The molecule has 8 nitrogen and oxygen atoms in total. The van der Waals surface area contributed by atoms with Crippen LogP contribution in [0.2, 0.25) is 0 Å². The molecule has 33 heavy (non-hydrogen) atoms. The molecular formula is C25H30N2O6. The van der Waals surface area contributed by atoms with Crippen LogP contribution in [0.1, 0.15) is 51.0 Å². The van der Waals surface area contributed by atoms with Crippen LogP contribution in [0.3, 0.4) is 0 Å². The van der Waals surface area contributed by atoms with Crippen LogP contribution in [-0.2, 0) is 9.59 Å². The Labute approximate surface area is 192 Å². The van der Waals surface area contributed by atoms with Crippen LogP contribution in [0, 0.1) is 23.2 Å². The van der Waals surface area contributed by atoms with Crippen molar-refractivity contribution < 1.29 is 29.0 Å². The number of benzene rings is 1. The van der Waals surface area contributed by atoms with E-state index in [1.165, 1.54) is 56.6 Å². The molecule has 1 unspecified atom stereocenters. The first kappa shape index (κ1) is 21.8. The predicted octanol–water partition coefficient (Wildman–Crippen LogP) is 3.48. The van der Waals surface area contributed by atoms with Crippen molar-refractivity contribution in [1.82, 2.24) is 10.2 Å². The van der Waals surface area contributed by atoms with Crippen molar-refractivity contribution >= 4 is 23.9 Å². The van der Waals surface area contributed by atoms with Gasteiger partial charge in [0.15, 0.2) is 11.5 Å². The fourth-order valence-electron chi connectivity index (χ4n) is 7.15. The second kappa shape index (κ2) is 7.78. The molecule has 1 aliphatic heterocycles. The lowest BCUT2D eigenvalue weighted by Gasteiger charge is -2.60. The van der Waals surface area contributed by atoms with E-state index in [0.29, 0.717) is 23.3 Å². The summed E-state index contributed by atoms with van der Waals surface area (Å²) in [5.41, 5.74) is 0.246. The molecule has 0 aromatic heterocycles. The van der Waals surface area contributed by atoms with Crippen LogP contribution in [0.5, 0.6) is 17.2 Å². The first-order chi connectivity index (χ1) is 15.7. The molecule has 4 amide bonds. The number of amides is 4. The standard InChI is InChI=1S/C25H30N2O6/c1-13(25-10-15-4-16(11-25)6-17(5-15)12-25)27-23(30)18(22(29)26-24(27)31)7-14-8-19(32-2)21(28)20(9-14)33-3/h7-9,13,15-17,28H,4-6,10-12H2,1-3H3,(H,26,29,31)/b18-7+. The smallest absolute Gasteiger partial charge is 0.331 e. The molecule has 0 radical (unpaired) electrons. The first-order valence-corrected chi connectivity index (χ1v) is 11.6. The highest BCUT2D eigenvalue weighted by molar-refractivity contribution is 6.31. The molecule has 1 heterocycles. The highest BCUT2D eigenvalue weighted by Crippen LogP contribution is 2.62. The lowest BCUT2D eigenvalue weighted by atomic mass is 9.47. The molecule has 1 atom stereocenters. The van der Waals surface area contributed by atoms with Crippen LogP contribution < -0.4 is 14.8 Å². The molecule has 4 saturated carbocycles. The van der Waals surface area contributed by atoms with Crippen LogP contribution >= 0.6 is 0 Å². The fourth-order valence-corrected chi connectivity index (χ4v) is 7.15. The molecule has 4 aliphatic carbocycles. The normalized spacial score (nSPS) is 32.8. The average Bonchev–Trinajstić information content (AvgIpc) is 2.76. The largest absolute Gasteiger partial charge is 0.502 e.